The number of carbonyl (C=O) groups is 1. The van der Waals surface area contributed by atoms with E-state index in [1.165, 1.54) is 5.56 Å². The quantitative estimate of drug-likeness (QED) is 0.869. The average molecular weight is 373 g/mol. The number of aryl methyl sites for hydroxylation is 1. The fourth-order valence-corrected chi connectivity index (χ4v) is 3.31. The number of carbonyl (C=O) groups excluding carboxylic acids is 1. The Bertz CT molecular complexity index is 699. The van der Waals surface area contributed by atoms with Crippen molar-refractivity contribution in [2.45, 2.75) is 51.6 Å². The first-order chi connectivity index (χ1) is 10.5. The van der Waals surface area contributed by atoms with Gasteiger partial charge in [0.2, 0.25) is 5.91 Å². The molecule has 1 aliphatic carbocycles. The Hall–Kier alpha value is -1.30. The van der Waals surface area contributed by atoms with Gasteiger partial charge in [0, 0.05) is 17.9 Å². The molecule has 2 atom stereocenters. The van der Waals surface area contributed by atoms with Gasteiger partial charge in [-0.05, 0) is 44.4 Å². The highest BCUT2D eigenvalue weighted by atomic mass is 35.5. The van der Waals surface area contributed by atoms with E-state index in [1.807, 2.05) is 42.8 Å². The van der Waals surface area contributed by atoms with Crippen molar-refractivity contribution in [3.05, 3.63) is 35.8 Å². The topological polar surface area (TPSA) is 72.4 Å². The number of rotatable bonds is 3. The molecule has 2 unspecified atom stereocenters. The summed E-state index contributed by atoms with van der Waals surface area (Å²) in [6.07, 6.45) is 7.93. The Morgan fingerprint density at radius 2 is 2.21 bits per heavy atom. The van der Waals surface area contributed by atoms with E-state index < -0.39 is 5.54 Å². The van der Waals surface area contributed by atoms with Gasteiger partial charge in [0.05, 0.1) is 18.2 Å². The lowest BCUT2D eigenvalue weighted by atomic mass is 9.74. The van der Waals surface area contributed by atoms with Gasteiger partial charge >= 0.3 is 0 Å². The summed E-state index contributed by atoms with van der Waals surface area (Å²) in [6.45, 7) is 4.48. The van der Waals surface area contributed by atoms with Gasteiger partial charge in [0.1, 0.15) is 5.65 Å². The van der Waals surface area contributed by atoms with Crippen LogP contribution in [-0.4, -0.2) is 20.8 Å². The number of hydrogen-bond acceptors (Lipinski definition) is 3. The summed E-state index contributed by atoms with van der Waals surface area (Å²) < 4.78 is 1.97. The molecule has 1 saturated carbocycles. The molecule has 0 bridgehead atoms. The van der Waals surface area contributed by atoms with Gasteiger partial charge in [-0.25, -0.2) is 4.98 Å². The lowest BCUT2D eigenvalue weighted by molar-refractivity contribution is -0.128. The average Bonchev–Trinajstić information content (AvgIpc) is 2.86. The Morgan fingerprint density at radius 1 is 1.46 bits per heavy atom. The maximum atomic E-state index is 12.4. The minimum Gasteiger partial charge on any atom is -0.350 e. The highest BCUT2D eigenvalue weighted by Crippen LogP contribution is 2.31. The Labute approximate surface area is 155 Å². The van der Waals surface area contributed by atoms with Crippen LogP contribution >= 0.6 is 24.8 Å². The zero-order chi connectivity index (χ0) is 15.7. The van der Waals surface area contributed by atoms with E-state index in [4.69, 9.17) is 5.73 Å². The molecule has 0 radical (unpaired) electrons. The Morgan fingerprint density at radius 3 is 2.92 bits per heavy atom. The van der Waals surface area contributed by atoms with Gasteiger partial charge in [0.15, 0.2) is 0 Å². The lowest BCUT2D eigenvalue weighted by Gasteiger charge is -2.37. The van der Waals surface area contributed by atoms with Crippen molar-refractivity contribution in [3.8, 4) is 0 Å². The minimum atomic E-state index is -0.391. The molecule has 7 heteroatoms. The molecule has 5 nitrogen and oxygen atoms in total. The number of imidazole rings is 1. The molecule has 0 aromatic carbocycles. The van der Waals surface area contributed by atoms with E-state index in [0.29, 0.717) is 6.54 Å². The van der Waals surface area contributed by atoms with Crippen LogP contribution < -0.4 is 11.1 Å². The highest BCUT2D eigenvalue weighted by Gasteiger charge is 2.37. The summed E-state index contributed by atoms with van der Waals surface area (Å²) in [6, 6.07) is 4.07. The molecule has 0 aliphatic heterocycles. The van der Waals surface area contributed by atoms with E-state index in [9.17, 15) is 4.79 Å². The number of nitrogens with zero attached hydrogens (tertiary/aromatic N) is 2. The number of nitrogens with two attached hydrogens (primary N) is 1. The molecule has 2 heterocycles. The number of hydrogen-bond donors (Lipinski definition) is 2. The molecule has 2 aromatic rings. The maximum absolute atomic E-state index is 12.4. The largest absolute Gasteiger partial charge is 0.350 e. The fraction of sp³-hybridized carbons (Fsp3) is 0.529. The molecule has 24 heavy (non-hydrogen) atoms. The van der Waals surface area contributed by atoms with Crippen molar-refractivity contribution < 1.29 is 4.79 Å². The molecular weight excluding hydrogens is 347 g/mol. The van der Waals surface area contributed by atoms with E-state index in [1.54, 1.807) is 0 Å². The Kier molecular flexibility index (Phi) is 7.08. The summed E-state index contributed by atoms with van der Waals surface area (Å²) in [5.41, 5.74) is 8.85. The SMILES string of the molecule is Cc1ccn2cc(CNC(=O)C3CCCCC3(C)N)nc2c1.Cl.Cl. The van der Waals surface area contributed by atoms with Crippen molar-refractivity contribution in [3.63, 3.8) is 0 Å². The molecule has 3 N–H and O–H groups in total. The van der Waals surface area contributed by atoms with E-state index in [2.05, 4.69) is 10.3 Å². The Balaban J connectivity index is 0.00000144. The van der Waals surface area contributed by atoms with Crippen LogP contribution in [0.15, 0.2) is 24.5 Å². The van der Waals surface area contributed by atoms with Crippen molar-refractivity contribution in [1.82, 2.24) is 14.7 Å². The predicted molar refractivity (Wildman–Crippen MR) is 101 cm³/mol. The number of halogens is 2. The molecule has 2 aromatic heterocycles. The normalized spacial score (nSPS) is 23.2. The number of aromatic nitrogens is 2. The predicted octanol–water partition coefficient (Wildman–Crippen LogP) is 3.01. The zero-order valence-corrected chi connectivity index (χ0v) is 15.8. The fourth-order valence-electron chi connectivity index (χ4n) is 3.31. The molecule has 1 amide bonds. The molecule has 0 saturated heterocycles. The summed E-state index contributed by atoms with van der Waals surface area (Å²) >= 11 is 0. The van der Waals surface area contributed by atoms with Gasteiger partial charge < -0.3 is 15.5 Å². The highest BCUT2D eigenvalue weighted by molar-refractivity contribution is 5.85. The third-order valence-electron chi connectivity index (χ3n) is 4.68. The van der Waals surface area contributed by atoms with Crippen LogP contribution in [0.4, 0.5) is 0 Å². The van der Waals surface area contributed by atoms with Gasteiger partial charge in [-0.15, -0.1) is 24.8 Å². The first kappa shape index (κ1) is 20.7. The van der Waals surface area contributed by atoms with E-state index >= 15 is 0 Å². The molecule has 134 valence electrons. The third kappa shape index (κ3) is 4.41. The molecule has 1 fully saturated rings. The second-order valence-corrected chi connectivity index (χ2v) is 6.72. The number of amides is 1. The first-order valence-corrected chi connectivity index (χ1v) is 7.96. The lowest BCUT2D eigenvalue weighted by Crippen LogP contribution is -2.52. The first-order valence-electron chi connectivity index (χ1n) is 7.96. The number of pyridine rings is 1. The van der Waals surface area contributed by atoms with Crippen molar-refractivity contribution >= 4 is 36.4 Å². The number of fused-ring (bicyclic) bond motifs is 1. The zero-order valence-electron chi connectivity index (χ0n) is 14.1. The summed E-state index contributed by atoms with van der Waals surface area (Å²) in [7, 11) is 0. The van der Waals surface area contributed by atoms with Crippen LogP contribution in [0.1, 0.15) is 43.9 Å². The molecular formula is C17H26Cl2N4O. The minimum absolute atomic E-state index is 0. The third-order valence-corrected chi connectivity index (χ3v) is 4.68. The smallest absolute Gasteiger partial charge is 0.225 e. The maximum Gasteiger partial charge on any atom is 0.225 e. The van der Waals surface area contributed by atoms with Crippen molar-refractivity contribution in [2.75, 3.05) is 0 Å². The second kappa shape index (κ2) is 8.19. The van der Waals surface area contributed by atoms with E-state index in [-0.39, 0.29) is 36.6 Å². The van der Waals surface area contributed by atoms with Crippen LogP contribution in [-0.2, 0) is 11.3 Å². The van der Waals surface area contributed by atoms with Crippen LogP contribution in [0.5, 0.6) is 0 Å². The van der Waals surface area contributed by atoms with Crippen LogP contribution in [0.3, 0.4) is 0 Å². The van der Waals surface area contributed by atoms with Gasteiger partial charge in [-0.3, -0.25) is 4.79 Å². The van der Waals surface area contributed by atoms with E-state index in [0.717, 1.165) is 37.0 Å². The molecule has 0 spiro atoms. The second-order valence-electron chi connectivity index (χ2n) is 6.72. The van der Waals surface area contributed by atoms with Crippen LogP contribution in [0.2, 0.25) is 0 Å². The van der Waals surface area contributed by atoms with Crippen LogP contribution in [0.25, 0.3) is 5.65 Å². The number of nitrogens with one attached hydrogen (secondary N) is 1. The van der Waals surface area contributed by atoms with Gasteiger partial charge in [-0.2, -0.15) is 0 Å². The van der Waals surface area contributed by atoms with Crippen molar-refractivity contribution in [1.29, 1.82) is 0 Å². The standard InChI is InChI=1S/C17H24N4O.2ClH/c1-12-6-8-21-11-13(20-15(21)9-12)10-19-16(22)14-5-3-4-7-17(14,2)18;;/h6,8-9,11,14H,3-5,7,10,18H2,1-2H3,(H,19,22);2*1H. The molecule has 1 aliphatic rings. The molecule has 3 rings (SSSR count). The summed E-state index contributed by atoms with van der Waals surface area (Å²) in [5.74, 6) is -0.0431. The van der Waals surface area contributed by atoms with Crippen LogP contribution in [0, 0.1) is 12.8 Å². The van der Waals surface area contributed by atoms with Crippen molar-refractivity contribution in [2.24, 2.45) is 11.7 Å². The summed E-state index contributed by atoms with van der Waals surface area (Å²) in [5, 5.41) is 3.01. The van der Waals surface area contributed by atoms with Gasteiger partial charge in [0.25, 0.3) is 0 Å². The monoisotopic (exact) mass is 372 g/mol. The summed E-state index contributed by atoms with van der Waals surface area (Å²) in [4.78, 5) is 17.0. The van der Waals surface area contributed by atoms with Gasteiger partial charge in [-0.1, -0.05) is 12.8 Å².